The number of hydrogen-bond donors (Lipinski definition) is 0. The molecule has 24 heavy (non-hydrogen) atoms. The normalized spacial score (nSPS) is 10.4. The van der Waals surface area contributed by atoms with E-state index in [-0.39, 0.29) is 11.4 Å². The minimum absolute atomic E-state index is 0.103. The highest BCUT2D eigenvalue weighted by atomic mass is 32.2. The van der Waals surface area contributed by atoms with Crippen LogP contribution >= 0.6 is 0 Å². The summed E-state index contributed by atoms with van der Waals surface area (Å²) in [6.07, 6.45) is 5.32. The molecular weight excluding hydrogens is 318 g/mol. The number of hydrogen-bond acceptors (Lipinski definition) is 2. The van der Waals surface area contributed by atoms with Crippen LogP contribution in [0.5, 0.6) is 0 Å². The molecule has 0 bridgehead atoms. The molecular formula is C20H19NO2S. The second-order valence-electron chi connectivity index (χ2n) is 5.64. The van der Waals surface area contributed by atoms with Gasteiger partial charge in [-0.15, -0.1) is 6.42 Å². The molecule has 4 heteroatoms. The van der Waals surface area contributed by atoms with Crippen molar-refractivity contribution in [2.75, 3.05) is 6.54 Å². The maximum Gasteiger partial charge on any atom is 0.271 e. The van der Waals surface area contributed by atoms with Crippen LogP contribution in [0.25, 0.3) is 0 Å². The molecule has 0 saturated heterocycles. The van der Waals surface area contributed by atoms with Gasteiger partial charge in [-0.1, -0.05) is 29.7 Å². The van der Waals surface area contributed by atoms with Crippen molar-refractivity contribution in [1.82, 2.24) is 4.31 Å². The summed E-state index contributed by atoms with van der Waals surface area (Å²) in [6.45, 7) is 5.74. The second-order valence-corrected chi connectivity index (χ2v) is 7.50. The van der Waals surface area contributed by atoms with E-state index in [0.29, 0.717) is 0 Å². The molecule has 3 nitrogen and oxygen atoms in total. The third-order valence-electron chi connectivity index (χ3n) is 3.39. The Morgan fingerprint density at radius 1 is 0.958 bits per heavy atom. The molecule has 0 atom stereocenters. The van der Waals surface area contributed by atoms with Crippen molar-refractivity contribution in [3.8, 4) is 24.3 Å². The van der Waals surface area contributed by atoms with Crippen molar-refractivity contribution in [2.45, 2.75) is 25.7 Å². The Kier molecular flexibility index (Phi) is 5.34. The summed E-state index contributed by atoms with van der Waals surface area (Å²) >= 11 is 0. The molecule has 0 radical (unpaired) electrons. The Labute approximate surface area is 144 Å². The molecule has 122 valence electrons. The van der Waals surface area contributed by atoms with Crippen LogP contribution in [-0.2, 0) is 10.0 Å². The molecule has 0 saturated carbocycles. The van der Waals surface area contributed by atoms with E-state index in [1.54, 1.807) is 24.3 Å². The minimum atomic E-state index is -3.75. The first-order valence-electron chi connectivity index (χ1n) is 7.46. The zero-order chi connectivity index (χ0) is 17.7. The molecule has 0 aliphatic heterocycles. The lowest BCUT2D eigenvalue weighted by molar-refractivity contribution is 0.535. The van der Waals surface area contributed by atoms with Gasteiger partial charge in [-0.3, -0.25) is 0 Å². The standard InChI is InChI=1S/C20H19NO2S/c1-5-11-21(12-10-19-14-17(3)13-18(4)15-19)24(22,23)20-8-6-16(2)7-9-20/h1,6-9,13-15H,11H2,2-4H3. The summed E-state index contributed by atoms with van der Waals surface area (Å²) in [6, 6.07) is 15.2. The van der Waals surface area contributed by atoms with Crippen LogP contribution < -0.4 is 0 Å². The van der Waals surface area contributed by atoms with E-state index in [1.165, 1.54) is 0 Å². The van der Waals surface area contributed by atoms with Gasteiger partial charge in [0.1, 0.15) is 6.54 Å². The van der Waals surface area contributed by atoms with E-state index >= 15 is 0 Å². The van der Waals surface area contributed by atoms with E-state index in [0.717, 1.165) is 26.6 Å². The van der Waals surface area contributed by atoms with E-state index in [1.807, 2.05) is 39.0 Å². The zero-order valence-corrected chi connectivity index (χ0v) is 14.8. The minimum Gasteiger partial charge on any atom is -0.212 e. The summed E-state index contributed by atoms with van der Waals surface area (Å²) in [5.41, 5.74) is 3.89. The Morgan fingerprint density at radius 2 is 1.54 bits per heavy atom. The molecule has 2 aromatic carbocycles. The molecule has 2 aromatic rings. The topological polar surface area (TPSA) is 37.4 Å². The molecule has 0 heterocycles. The van der Waals surface area contributed by atoms with Crippen LogP contribution in [-0.4, -0.2) is 19.3 Å². The first-order chi connectivity index (χ1) is 11.3. The van der Waals surface area contributed by atoms with Crippen LogP contribution in [0.1, 0.15) is 22.3 Å². The Balaban J connectivity index is 2.41. The SMILES string of the molecule is C#CCN(C#Cc1cc(C)cc(C)c1)S(=O)(=O)c1ccc(C)cc1. The summed E-state index contributed by atoms with van der Waals surface area (Å²) in [5.74, 6) is 5.26. The van der Waals surface area contributed by atoms with Crippen LogP contribution in [0.15, 0.2) is 47.4 Å². The van der Waals surface area contributed by atoms with Crippen molar-refractivity contribution in [1.29, 1.82) is 0 Å². The molecule has 0 aromatic heterocycles. The van der Waals surface area contributed by atoms with Gasteiger partial charge in [0.05, 0.1) is 4.90 Å². The third-order valence-corrected chi connectivity index (χ3v) is 5.06. The van der Waals surface area contributed by atoms with Crippen LogP contribution in [0, 0.1) is 45.1 Å². The van der Waals surface area contributed by atoms with Crippen LogP contribution in [0.2, 0.25) is 0 Å². The van der Waals surface area contributed by atoms with Crippen molar-refractivity contribution >= 4 is 10.0 Å². The Hall–Kier alpha value is -2.69. The summed E-state index contributed by atoms with van der Waals surface area (Å²) in [5, 5.41) is 0. The van der Waals surface area contributed by atoms with E-state index in [2.05, 4.69) is 17.9 Å². The summed E-state index contributed by atoms with van der Waals surface area (Å²) in [7, 11) is -3.75. The van der Waals surface area contributed by atoms with Crippen LogP contribution in [0.3, 0.4) is 0 Å². The number of sulfonamides is 1. The van der Waals surface area contributed by atoms with Crippen molar-refractivity contribution < 1.29 is 8.42 Å². The maximum atomic E-state index is 12.7. The molecule has 0 N–H and O–H groups in total. The fourth-order valence-electron chi connectivity index (χ4n) is 2.28. The fraction of sp³-hybridized carbons (Fsp3) is 0.200. The van der Waals surface area contributed by atoms with E-state index < -0.39 is 10.0 Å². The van der Waals surface area contributed by atoms with Gasteiger partial charge in [0, 0.05) is 11.6 Å². The molecule has 2 rings (SSSR count). The van der Waals surface area contributed by atoms with E-state index in [4.69, 9.17) is 6.42 Å². The van der Waals surface area contributed by atoms with Gasteiger partial charge in [-0.25, -0.2) is 12.7 Å². The predicted octanol–water partition coefficient (Wildman–Crippen LogP) is 3.24. The fourth-order valence-corrected chi connectivity index (χ4v) is 3.42. The van der Waals surface area contributed by atoms with Crippen molar-refractivity contribution in [3.63, 3.8) is 0 Å². The van der Waals surface area contributed by atoms with Crippen LogP contribution in [0.4, 0.5) is 0 Å². The zero-order valence-electron chi connectivity index (χ0n) is 14.0. The van der Waals surface area contributed by atoms with Gasteiger partial charge in [0.15, 0.2) is 0 Å². The third kappa shape index (κ3) is 4.19. The van der Waals surface area contributed by atoms with Gasteiger partial charge < -0.3 is 0 Å². The lowest BCUT2D eigenvalue weighted by Crippen LogP contribution is -2.27. The highest BCUT2D eigenvalue weighted by molar-refractivity contribution is 7.89. The molecule has 0 fully saturated rings. The Bertz CT molecular complexity index is 920. The second kappa shape index (κ2) is 7.25. The van der Waals surface area contributed by atoms with Gasteiger partial charge >= 0.3 is 0 Å². The quantitative estimate of drug-likeness (QED) is 0.637. The Morgan fingerprint density at radius 3 is 2.08 bits per heavy atom. The predicted molar refractivity (Wildman–Crippen MR) is 96.7 cm³/mol. The highest BCUT2D eigenvalue weighted by Gasteiger charge is 2.21. The lowest BCUT2D eigenvalue weighted by atomic mass is 10.1. The monoisotopic (exact) mass is 337 g/mol. The summed E-state index contributed by atoms with van der Waals surface area (Å²) < 4.78 is 26.4. The molecule has 0 amide bonds. The molecule has 0 aliphatic rings. The number of terminal acetylenes is 1. The number of benzene rings is 2. The summed E-state index contributed by atoms with van der Waals surface area (Å²) in [4.78, 5) is 0.179. The number of aryl methyl sites for hydroxylation is 3. The first kappa shape index (κ1) is 17.7. The molecule has 0 spiro atoms. The van der Waals surface area contributed by atoms with Gasteiger partial charge in [0.25, 0.3) is 10.0 Å². The molecule has 0 unspecified atom stereocenters. The van der Waals surface area contributed by atoms with Gasteiger partial charge in [0.2, 0.25) is 0 Å². The average Bonchev–Trinajstić information content (AvgIpc) is 2.50. The largest absolute Gasteiger partial charge is 0.271 e. The van der Waals surface area contributed by atoms with Gasteiger partial charge in [-0.2, -0.15) is 0 Å². The molecule has 0 aliphatic carbocycles. The van der Waals surface area contributed by atoms with Gasteiger partial charge in [-0.05, 0) is 62.1 Å². The smallest absolute Gasteiger partial charge is 0.212 e. The first-order valence-corrected chi connectivity index (χ1v) is 8.90. The lowest BCUT2D eigenvalue weighted by Gasteiger charge is -2.15. The van der Waals surface area contributed by atoms with Crippen molar-refractivity contribution in [2.24, 2.45) is 0 Å². The number of rotatable bonds is 3. The number of nitrogens with zero attached hydrogens (tertiary/aromatic N) is 1. The highest BCUT2D eigenvalue weighted by Crippen LogP contribution is 2.16. The maximum absolute atomic E-state index is 12.7. The van der Waals surface area contributed by atoms with E-state index in [9.17, 15) is 8.42 Å². The van der Waals surface area contributed by atoms with Crippen molar-refractivity contribution in [3.05, 3.63) is 64.7 Å². The average molecular weight is 337 g/mol.